The highest BCUT2D eigenvalue weighted by Crippen LogP contribution is 2.40. The average Bonchev–Trinajstić information content (AvgIpc) is 3.59. The number of aromatic nitrogens is 1. The van der Waals surface area contributed by atoms with Gasteiger partial charge >= 0.3 is 29.8 Å². The molecule has 19 nitrogen and oxygen atoms in total. The van der Waals surface area contributed by atoms with Crippen LogP contribution in [0.25, 0.3) is 23.1 Å². The fourth-order valence-corrected chi connectivity index (χ4v) is 6.66. The van der Waals surface area contributed by atoms with Crippen LogP contribution in [0, 0.1) is 5.92 Å². The SMILES string of the molecule is CC(=O)NC(CC(C)C)C(=O)N/C(=C\c1cc(OC(C)=O)c(OC(C)=O)c(OC(C)=O)c1)C(=O)N[C@@H](Cc1c[nH]c2cc(Br)ccc12)C(=O)N/C=C/c1ccc(OC(C)=O)c(OC(C)=O)c1. The summed E-state index contributed by atoms with van der Waals surface area (Å²) in [6.07, 6.45) is 5.58. The number of rotatable bonds is 18. The molecule has 348 valence electrons. The summed E-state index contributed by atoms with van der Waals surface area (Å²) in [5.74, 6) is -8.34. The van der Waals surface area contributed by atoms with E-state index in [4.69, 9.17) is 23.7 Å². The Morgan fingerprint density at radius 3 is 1.80 bits per heavy atom. The van der Waals surface area contributed by atoms with Gasteiger partial charge in [0, 0.05) is 75.7 Å². The van der Waals surface area contributed by atoms with Crippen molar-refractivity contribution >= 4 is 92.5 Å². The Kier molecular flexibility index (Phi) is 18.1. The van der Waals surface area contributed by atoms with Gasteiger partial charge in [-0.3, -0.25) is 43.2 Å². The fourth-order valence-electron chi connectivity index (χ4n) is 6.29. The summed E-state index contributed by atoms with van der Waals surface area (Å²) in [5, 5.41) is 11.2. The van der Waals surface area contributed by atoms with E-state index in [1.54, 1.807) is 12.3 Å². The molecule has 0 saturated heterocycles. The lowest BCUT2D eigenvalue weighted by molar-refractivity contribution is -0.135. The topological polar surface area (TPSA) is 264 Å². The molecule has 4 amide bonds. The Morgan fingerprint density at radius 1 is 0.652 bits per heavy atom. The molecule has 1 unspecified atom stereocenters. The quantitative estimate of drug-likeness (QED) is 0.0495. The van der Waals surface area contributed by atoms with Gasteiger partial charge in [-0.05, 0) is 77.6 Å². The Morgan fingerprint density at radius 2 is 1.23 bits per heavy atom. The maximum absolute atomic E-state index is 14.6. The number of aromatic amines is 1. The Bertz CT molecular complexity index is 2600. The number of esters is 5. The molecule has 0 spiro atoms. The van der Waals surface area contributed by atoms with Gasteiger partial charge in [-0.1, -0.05) is 41.9 Å². The number of hydrogen-bond donors (Lipinski definition) is 5. The minimum absolute atomic E-state index is 0.0125. The first-order chi connectivity index (χ1) is 31.1. The molecule has 66 heavy (non-hydrogen) atoms. The molecule has 1 aromatic heterocycles. The van der Waals surface area contributed by atoms with E-state index >= 15 is 0 Å². The van der Waals surface area contributed by atoms with Crippen LogP contribution in [0.4, 0.5) is 0 Å². The van der Waals surface area contributed by atoms with Gasteiger partial charge < -0.3 is 49.9 Å². The highest BCUT2D eigenvalue weighted by Gasteiger charge is 2.28. The fraction of sp³-hybridized carbons (Fsp3) is 0.283. The predicted molar refractivity (Wildman–Crippen MR) is 241 cm³/mol. The van der Waals surface area contributed by atoms with E-state index in [1.165, 1.54) is 63.4 Å². The lowest BCUT2D eigenvalue weighted by Crippen LogP contribution is -2.51. The van der Waals surface area contributed by atoms with Crippen molar-refractivity contribution in [3.63, 3.8) is 0 Å². The number of amides is 4. The second kappa shape index (κ2) is 23.4. The standard InChI is InChI=1S/C46H48BrN5O14/c1-23(2)15-36(50-24(3)53)45(60)51-37(16-31-18-41(64-27(6)56)43(66-29(8)58)42(19-31)65-28(7)57)46(61)52-38(20-32-22-49-35-21-33(47)10-11-34(32)35)44(59)48-14-13-30-9-12-39(62-25(4)54)40(17-30)63-26(5)55/h9-14,16-19,21-23,36,38,49H,15,20H2,1-8H3,(H,48,59)(H,50,53)(H,51,60)(H,52,61)/b14-13+,37-16-/t36?,38-/m0/s1. The first kappa shape index (κ1) is 51.0. The molecule has 3 aromatic carbocycles. The molecule has 4 aromatic rings. The zero-order valence-electron chi connectivity index (χ0n) is 37.2. The van der Waals surface area contributed by atoms with Crippen LogP contribution < -0.4 is 45.0 Å². The minimum Gasteiger partial charge on any atom is -0.423 e. The van der Waals surface area contributed by atoms with Crippen LogP contribution in [0.1, 0.15) is 78.5 Å². The maximum atomic E-state index is 14.6. The van der Waals surface area contributed by atoms with Crippen LogP contribution in [-0.4, -0.2) is 70.5 Å². The van der Waals surface area contributed by atoms with Crippen LogP contribution in [0.5, 0.6) is 28.7 Å². The van der Waals surface area contributed by atoms with Gasteiger partial charge in [0.2, 0.25) is 23.5 Å². The first-order valence-electron chi connectivity index (χ1n) is 20.2. The number of halogens is 1. The number of carbonyl (C=O) groups is 9. The number of fused-ring (bicyclic) bond motifs is 1. The maximum Gasteiger partial charge on any atom is 0.308 e. The zero-order valence-corrected chi connectivity index (χ0v) is 38.8. The van der Waals surface area contributed by atoms with Crippen LogP contribution >= 0.6 is 15.9 Å². The molecule has 0 aliphatic heterocycles. The van der Waals surface area contributed by atoms with Crippen LogP contribution in [-0.2, 0) is 49.6 Å². The molecular weight excluding hydrogens is 926 g/mol. The van der Waals surface area contributed by atoms with E-state index in [2.05, 4.69) is 42.2 Å². The van der Waals surface area contributed by atoms with E-state index in [0.29, 0.717) is 11.1 Å². The molecule has 0 bridgehead atoms. The first-order valence-corrected chi connectivity index (χ1v) is 20.9. The number of hydrogen-bond acceptors (Lipinski definition) is 14. The van der Waals surface area contributed by atoms with E-state index in [1.807, 2.05) is 26.0 Å². The van der Waals surface area contributed by atoms with Crippen molar-refractivity contribution in [2.24, 2.45) is 5.92 Å². The molecule has 1 heterocycles. The molecular formula is C46H48BrN5O14. The summed E-state index contributed by atoms with van der Waals surface area (Å²) in [6, 6.07) is 9.62. The Hall–Kier alpha value is -7.61. The Balaban J connectivity index is 1.83. The van der Waals surface area contributed by atoms with E-state index < -0.39 is 77.0 Å². The van der Waals surface area contributed by atoms with Crippen molar-refractivity contribution in [1.29, 1.82) is 0 Å². The largest absolute Gasteiger partial charge is 0.423 e. The minimum atomic E-state index is -1.37. The second-order valence-electron chi connectivity index (χ2n) is 15.0. The molecule has 0 aliphatic carbocycles. The van der Waals surface area contributed by atoms with Crippen molar-refractivity contribution in [2.45, 2.75) is 80.3 Å². The lowest BCUT2D eigenvalue weighted by Gasteiger charge is -2.22. The third kappa shape index (κ3) is 15.6. The molecule has 0 fully saturated rings. The van der Waals surface area contributed by atoms with Gasteiger partial charge in [0.1, 0.15) is 17.8 Å². The highest BCUT2D eigenvalue weighted by atomic mass is 79.9. The summed E-state index contributed by atoms with van der Waals surface area (Å²) < 4.78 is 26.9. The van der Waals surface area contributed by atoms with E-state index in [-0.39, 0.29) is 47.3 Å². The molecule has 0 aliphatic rings. The summed E-state index contributed by atoms with van der Waals surface area (Å²) in [6.45, 7) is 10.4. The molecule has 2 atom stereocenters. The summed E-state index contributed by atoms with van der Waals surface area (Å²) >= 11 is 3.44. The molecule has 5 N–H and O–H groups in total. The zero-order chi connectivity index (χ0) is 48.8. The number of H-pyrrole nitrogens is 1. The van der Waals surface area contributed by atoms with Crippen molar-refractivity contribution in [3.05, 3.63) is 87.8 Å². The van der Waals surface area contributed by atoms with Gasteiger partial charge in [-0.2, -0.15) is 0 Å². The third-order valence-corrected chi connectivity index (χ3v) is 9.26. The van der Waals surface area contributed by atoms with E-state index in [9.17, 15) is 43.2 Å². The van der Waals surface area contributed by atoms with Crippen molar-refractivity contribution in [3.8, 4) is 28.7 Å². The summed E-state index contributed by atoms with van der Waals surface area (Å²) in [5.41, 5.74) is 1.24. The van der Waals surface area contributed by atoms with Crippen molar-refractivity contribution < 1.29 is 66.8 Å². The second-order valence-corrected chi connectivity index (χ2v) is 15.9. The predicted octanol–water partition coefficient (Wildman–Crippen LogP) is 5.08. The van der Waals surface area contributed by atoms with Gasteiger partial charge in [-0.15, -0.1) is 0 Å². The average molecular weight is 975 g/mol. The lowest BCUT2D eigenvalue weighted by atomic mass is 10.0. The van der Waals surface area contributed by atoms with Crippen molar-refractivity contribution in [1.82, 2.24) is 26.3 Å². The monoisotopic (exact) mass is 973 g/mol. The molecule has 0 saturated carbocycles. The van der Waals surface area contributed by atoms with Crippen molar-refractivity contribution in [2.75, 3.05) is 0 Å². The highest BCUT2D eigenvalue weighted by molar-refractivity contribution is 9.10. The van der Waals surface area contributed by atoms with Gasteiger partial charge in [-0.25, -0.2) is 0 Å². The van der Waals surface area contributed by atoms with Crippen LogP contribution in [0.3, 0.4) is 0 Å². The molecule has 20 heteroatoms. The van der Waals surface area contributed by atoms with Gasteiger partial charge in [0.15, 0.2) is 23.0 Å². The number of carbonyl (C=O) groups excluding carboxylic acids is 9. The molecule has 0 radical (unpaired) electrons. The van der Waals surface area contributed by atoms with E-state index in [0.717, 1.165) is 42.2 Å². The number of benzene rings is 3. The van der Waals surface area contributed by atoms with Gasteiger partial charge in [0.25, 0.3) is 5.91 Å². The van der Waals surface area contributed by atoms with Crippen LogP contribution in [0.2, 0.25) is 0 Å². The third-order valence-electron chi connectivity index (χ3n) is 8.76. The number of ether oxygens (including phenoxy) is 5. The summed E-state index contributed by atoms with van der Waals surface area (Å²) in [4.78, 5) is 118. The number of nitrogens with one attached hydrogen (secondary N) is 5. The molecule has 4 rings (SSSR count). The normalized spacial score (nSPS) is 12.1. The van der Waals surface area contributed by atoms with Crippen LogP contribution in [0.15, 0.2) is 71.1 Å². The summed E-state index contributed by atoms with van der Waals surface area (Å²) in [7, 11) is 0. The smallest absolute Gasteiger partial charge is 0.308 e. The Labute approximate surface area is 387 Å². The van der Waals surface area contributed by atoms with Gasteiger partial charge in [0.05, 0.1) is 0 Å².